The number of anilines is 1. The van der Waals surface area contributed by atoms with Crippen LogP contribution >= 0.6 is 0 Å². The molecule has 1 aromatic rings. The van der Waals surface area contributed by atoms with Crippen molar-refractivity contribution in [3.63, 3.8) is 0 Å². The molecule has 0 aliphatic heterocycles. The summed E-state index contributed by atoms with van der Waals surface area (Å²) >= 11 is 0. The summed E-state index contributed by atoms with van der Waals surface area (Å²) in [5, 5.41) is 2.91. The van der Waals surface area contributed by atoms with Crippen molar-refractivity contribution < 1.29 is 14.3 Å². The number of ether oxygens (including phenoxy) is 2. The third kappa shape index (κ3) is 3.15. The fraction of sp³-hybridized carbons (Fsp3) is 0.500. The van der Waals surface area contributed by atoms with Crippen LogP contribution in [0, 0.1) is 5.92 Å². The molecule has 2 rings (SSSR count). The SMILES string of the molecule is CCOc1ccc(OCC)c(NC(=O)C2CC2)c1. The highest BCUT2D eigenvalue weighted by molar-refractivity contribution is 5.95. The molecule has 0 unspecified atom stereocenters. The number of hydrogen-bond donors (Lipinski definition) is 1. The van der Waals surface area contributed by atoms with E-state index in [1.54, 1.807) is 0 Å². The zero-order valence-corrected chi connectivity index (χ0v) is 10.9. The topological polar surface area (TPSA) is 47.6 Å². The molecule has 0 atom stereocenters. The van der Waals surface area contributed by atoms with Crippen molar-refractivity contribution in [1.29, 1.82) is 0 Å². The van der Waals surface area contributed by atoms with Crippen molar-refractivity contribution in [1.82, 2.24) is 0 Å². The number of nitrogens with one attached hydrogen (secondary N) is 1. The van der Waals surface area contributed by atoms with Crippen molar-refractivity contribution >= 4 is 11.6 Å². The summed E-state index contributed by atoms with van der Waals surface area (Å²) in [6, 6.07) is 5.49. The Morgan fingerprint density at radius 1 is 1.28 bits per heavy atom. The lowest BCUT2D eigenvalue weighted by atomic mass is 10.2. The van der Waals surface area contributed by atoms with E-state index in [0.29, 0.717) is 24.7 Å². The van der Waals surface area contributed by atoms with Crippen LogP contribution in [-0.4, -0.2) is 19.1 Å². The Morgan fingerprint density at radius 3 is 2.61 bits per heavy atom. The van der Waals surface area contributed by atoms with Crippen molar-refractivity contribution in [3.8, 4) is 11.5 Å². The molecule has 0 saturated heterocycles. The lowest BCUT2D eigenvalue weighted by molar-refractivity contribution is -0.117. The molecular formula is C14H19NO3. The quantitative estimate of drug-likeness (QED) is 0.843. The summed E-state index contributed by atoms with van der Waals surface area (Å²) in [4.78, 5) is 11.8. The zero-order valence-electron chi connectivity index (χ0n) is 10.9. The van der Waals surface area contributed by atoms with Gasteiger partial charge in [-0.05, 0) is 38.8 Å². The normalized spacial score (nSPS) is 14.1. The molecule has 0 aromatic heterocycles. The summed E-state index contributed by atoms with van der Waals surface area (Å²) in [5.41, 5.74) is 0.694. The van der Waals surface area contributed by atoms with Gasteiger partial charge >= 0.3 is 0 Å². The molecule has 1 aromatic carbocycles. The molecule has 0 spiro atoms. The Labute approximate surface area is 107 Å². The van der Waals surface area contributed by atoms with E-state index in [1.165, 1.54) is 0 Å². The van der Waals surface area contributed by atoms with Gasteiger partial charge in [0.2, 0.25) is 5.91 Å². The van der Waals surface area contributed by atoms with Crippen molar-refractivity contribution in [2.24, 2.45) is 5.92 Å². The maximum atomic E-state index is 11.8. The maximum absolute atomic E-state index is 11.8. The molecule has 1 aliphatic carbocycles. The average molecular weight is 249 g/mol. The summed E-state index contributed by atoms with van der Waals surface area (Å²) in [7, 11) is 0. The molecular weight excluding hydrogens is 230 g/mol. The van der Waals surface area contributed by atoms with Gasteiger partial charge in [-0.3, -0.25) is 4.79 Å². The highest BCUT2D eigenvalue weighted by atomic mass is 16.5. The fourth-order valence-corrected chi connectivity index (χ4v) is 1.72. The van der Waals surface area contributed by atoms with Crippen LogP contribution in [0.25, 0.3) is 0 Å². The summed E-state index contributed by atoms with van der Waals surface area (Å²) in [6.07, 6.45) is 1.97. The first-order chi connectivity index (χ1) is 8.74. The molecule has 1 saturated carbocycles. The number of benzene rings is 1. The Morgan fingerprint density at radius 2 is 2.00 bits per heavy atom. The molecule has 0 heterocycles. The Hall–Kier alpha value is -1.71. The minimum atomic E-state index is 0.0737. The van der Waals surface area contributed by atoms with Gasteiger partial charge in [-0.15, -0.1) is 0 Å². The van der Waals surface area contributed by atoms with Crippen LogP contribution in [-0.2, 0) is 4.79 Å². The molecule has 4 heteroatoms. The highest BCUT2D eigenvalue weighted by Crippen LogP contribution is 2.34. The standard InChI is InChI=1S/C14H19NO3/c1-3-17-11-7-8-13(18-4-2)12(9-11)15-14(16)10-5-6-10/h7-10H,3-6H2,1-2H3,(H,15,16). The molecule has 18 heavy (non-hydrogen) atoms. The summed E-state index contributed by atoms with van der Waals surface area (Å²) < 4.78 is 10.9. The number of carbonyl (C=O) groups excluding carboxylic acids is 1. The molecule has 1 fully saturated rings. The van der Waals surface area contributed by atoms with Crippen LogP contribution in [0.1, 0.15) is 26.7 Å². The van der Waals surface area contributed by atoms with Crippen LogP contribution in [0.4, 0.5) is 5.69 Å². The molecule has 98 valence electrons. The van der Waals surface area contributed by atoms with Crippen molar-refractivity contribution in [3.05, 3.63) is 18.2 Å². The van der Waals surface area contributed by atoms with E-state index in [9.17, 15) is 4.79 Å². The third-order valence-corrected chi connectivity index (χ3v) is 2.77. The van der Waals surface area contributed by atoms with Gasteiger partial charge in [-0.2, -0.15) is 0 Å². The maximum Gasteiger partial charge on any atom is 0.227 e. The van der Waals surface area contributed by atoms with Gasteiger partial charge in [0.05, 0.1) is 18.9 Å². The predicted octanol–water partition coefficient (Wildman–Crippen LogP) is 2.83. The van der Waals surface area contributed by atoms with Crippen LogP contribution < -0.4 is 14.8 Å². The molecule has 0 radical (unpaired) electrons. The minimum Gasteiger partial charge on any atom is -0.494 e. The molecule has 0 bridgehead atoms. The minimum absolute atomic E-state index is 0.0737. The number of rotatable bonds is 6. The highest BCUT2D eigenvalue weighted by Gasteiger charge is 2.30. The first kappa shape index (κ1) is 12.7. The van der Waals surface area contributed by atoms with E-state index < -0.39 is 0 Å². The average Bonchev–Trinajstić information content (AvgIpc) is 3.17. The van der Waals surface area contributed by atoms with E-state index in [0.717, 1.165) is 18.6 Å². The number of amides is 1. The van der Waals surface area contributed by atoms with Crippen molar-refractivity contribution in [2.75, 3.05) is 18.5 Å². The largest absolute Gasteiger partial charge is 0.494 e. The number of hydrogen-bond acceptors (Lipinski definition) is 3. The lowest BCUT2D eigenvalue weighted by Crippen LogP contribution is -2.14. The molecule has 1 N–H and O–H groups in total. The van der Waals surface area contributed by atoms with E-state index in [1.807, 2.05) is 32.0 Å². The van der Waals surface area contributed by atoms with Crippen molar-refractivity contribution in [2.45, 2.75) is 26.7 Å². The fourth-order valence-electron chi connectivity index (χ4n) is 1.72. The lowest BCUT2D eigenvalue weighted by Gasteiger charge is -2.13. The van der Waals surface area contributed by atoms with Crippen LogP contribution in [0.3, 0.4) is 0 Å². The first-order valence-electron chi connectivity index (χ1n) is 6.45. The van der Waals surface area contributed by atoms with Gasteiger partial charge in [0.1, 0.15) is 11.5 Å². The molecule has 4 nitrogen and oxygen atoms in total. The Bertz CT molecular complexity index is 427. The Kier molecular flexibility index (Phi) is 4.07. The number of carbonyl (C=O) groups is 1. The van der Waals surface area contributed by atoms with Gasteiger partial charge in [-0.1, -0.05) is 0 Å². The van der Waals surface area contributed by atoms with Gasteiger partial charge in [0.25, 0.3) is 0 Å². The second kappa shape index (κ2) is 5.76. The summed E-state index contributed by atoms with van der Waals surface area (Å²) in [5.74, 6) is 1.68. The van der Waals surface area contributed by atoms with Gasteiger partial charge < -0.3 is 14.8 Å². The van der Waals surface area contributed by atoms with Crippen LogP contribution in [0.15, 0.2) is 18.2 Å². The molecule has 1 amide bonds. The van der Waals surface area contributed by atoms with Gasteiger partial charge in [0.15, 0.2) is 0 Å². The Balaban J connectivity index is 2.15. The smallest absolute Gasteiger partial charge is 0.227 e. The summed E-state index contributed by atoms with van der Waals surface area (Å²) in [6.45, 7) is 5.02. The van der Waals surface area contributed by atoms with E-state index in [2.05, 4.69) is 5.32 Å². The second-order valence-electron chi connectivity index (χ2n) is 4.29. The monoisotopic (exact) mass is 249 g/mol. The zero-order chi connectivity index (χ0) is 13.0. The molecule has 1 aliphatic rings. The van der Waals surface area contributed by atoms with Crippen LogP contribution in [0.2, 0.25) is 0 Å². The van der Waals surface area contributed by atoms with E-state index in [-0.39, 0.29) is 11.8 Å². The van der Waals surface area contributed by atoms with E-state index >= 15 is 0 Å². The van der Waals surface area contributed by atoms with Crippen LogP contribution in [0.5, 0.6) is 11.5 Å². The second-order valence-corrected chi connectivity index (χ2v) is 4.29. The predicted molar refractivity (Wildman–Crippen MR) is 70.1 cm³/mol. The third-order valence-electron chi connectivity index (χ3n) is 2.77. The van der Waals surface area contributed by atoms with E-state index in [4.69, 9.17) is 9.47 Å². The van der Waals surface area contributed by atoms with Gasteiger partial charge in [-0.25, -0.2) is 0 Å². The van der Waals surface area contributed by atoms with Gasteiger partial charge in [0, 0.05) is 12.0 Å². The first-order valence-corrected chi connectivity index (χ1v) is 6.45.